The zero-order chi connectivity index (χ0) is 13.7. The smallest absolute Gasteiger partial charge is 0.129 e. The second kappa shape index (κ2) is 7.08. The molecule has 0 radical (unpaired) electrons. The molecule has 2 rings (SSSR count). The Morgan fingerprint density at radius 2 is 2.21 bits per heavy atom. The van der Waals surface area contributed by atoms with Gasteiger partial charge >= 0.3 is 0 Å². The quantitative estimate of drug-likeness (QED) is 0.786. The van der Waals surface area contributed by atoms with E-state index in [9.17, 15) is 0 Å². The highest BCUT2D eigenvalue weighted by Crippen LogP contribution is 2.37. The molecule has 1 N–H and O–H groups in total. The van der Waals surface area contributed by atoms with E-state index in [0.29, 0.717) is 12.7 Å². The number of ether oxygens (including phenoxy) is 2. The monoisotopic (exact) mass is 267 g/mol. The average molecular weight is 267 g/mol. The zero-order valence-electron chi connectivity index (χ0n) is 12.1. The molecular formula is C15H25NO3. The summed E-state index contributed by atoms with van der Waals surface area (Å²) in [5.74, 6) is 2.64. The minimum Gasteiger partial charge on any atom is -0.462 e. The summed E-state index contributed by atoms with van der Waals surface area (Å²) < 4.78 is 16.5. The molecule has 1 aliphatic rings. The Kier molecular flexibility index (Phi) is 5.43. The van der Waals surface area contributed by atoms with Gasteiger partial charge in [-0.2, -0.15) is 0 Å². The van der Waals surface area contributed by atoms with Crippen molar-refractivity contribution in [2.45, 2.75) is 44.9 Å². The molecule has 0 aliphatic heterocycles. The van der Waals surface area contributed by atoms with Gasteiger partial charge in [-0.15, -0.1) is 0 Å². The molecule has 1 aliphatic carbocycles. The van der Waals surface area contributed by atoms with Crippen molar-refractivity contribution in [2.75, 3.05) is 20.8 Å². The van der Waals surface area contributed by atoms with Gasteiger partial charge in [0.05, 0.1) is 12.1 Å². The Hall–Kier alpha value is -0.840. The van der Waals surface area contributed by atoms with Gasteiger partial charge in [-0.1, -0.05) is 0 Å². The molecule has 0 spiro atoms. The van der Waals surface area contributed by atoms with Crippen LogP contribution in [0.5, 0.6) is 0 Å². The maximum absolute atomic E-state index is 5.80. The molecule has 1 saturated carbocycles. The fraction of sp³-hybridized carbons (Fsp3) is 0.733. The van der Waals surface area contributed by atoms with E-state index in [1.165, 1.54) is 12.8 Å². The lowest BCUT2D eigenvalue weighted by molar-refractivity contribution is -0.0295. The third-order valence-corrected chi connectivity index (χ3v) is 3.82. The lowest BCUT2D eigenvalue weighted by atomic mass is 9.78. The van der Waals surface area contributed by atoms with E-state index >= 15 is 0 Å². The summed E-state index contributed by atoms with van der Waals surface area (Å²) in [5, 5.41) is 3.34. The second-order valence-electron chi connectivity index (χ2n) is 5.23. The molecular weight excluding hydrogens is 242 g/mol. The van der Waals surface area contributed by atoms with Crippen LogP contribution in [-0.2, 0) is 16.1 Å². The van der Waals surface area contributed by atoms with E-state index in [4.69, 9.17) is 13.9 Å². The van der Waals surface area contributed by atoms with Crippen LogP contribution < -0.4 is 5.32 Å². The zero-order valence-corrected chi connectivity index (χ0v) is 12.1. The van der Waals surface area contributed by atoms with Gasteiger partial charge in [0.15, 0.2) is 0 Å². The summed E-state index contributed by atoms with van der Waals surface area (Å²) in [5.41, 5.74) is 0. The van der Waals surface area contributed by atoms with Gasteiger partial charge in [-0.05, 0) is 51.3 Å². The first-order chi connectivity index (χ1) is 9.26. The van der Waals surface area contributed by atoms with Crippen molar-refractivity contribution >= 4 is 0 Å². The molecule has 0 amide bonds. The molecule has 0 aromatic carbocycles. The van der Waals surface area contributed by atoms with Gasteiger partial charge in [0.2, 0.25) is 0 Å². The van der Waals surface area contributed by atoms with Crippen LogP contribution in [0.15, 0.2) is 16.5 Å². The van der Waals surface area contributed by atoms with Crippen LogP contribution in [0.3, 0.4) is 0 Å². The van der Waals surface area contributed by atoms with Crippen molar-refractivity contribution in [1.82, 2.24) is 5.32 Å². The van der Waals surface area contributed by atoms with Crippen LogP contribution in [0.25, 0.3) is 0 Å². The highest BCUT2D eigenvalue weighted by molar-refractivity contribution is 5.11. The van der Waals surface area contributed by atoms with Crippen LogP contribution in [0, 0.1) is 5.92 Å². The van der Waals surface area contributed by atoms with Crippen molar-refractivity contribution in [3.05, 3.63) is 23.7 Å². The first-order valence-corrected chi connectivity index (χ1v) is 7.13. The summed E-state index contributed by atoms with van der Waals surface area (Å²) in [7, 11) is 3.67. The number of rotatable bonds is 8. The number of hydrogen-bond acceptors (Lipinski definition) is 4. The SMILES string of the molecule is CCOC1CC(CC(NC)c2ccc(COC)o2)C1. The first kappa shape index (κ1) is 14.6. The van der Waals surface area contributed by atoms with E-state index in [1.54, 1.807) is 7.11 Å². The molecule has 0 bridgehead atoms. The molecule has 19 heavy (non-hydrogen) atoms. The van der Waals surface area contributed by atoms with E-state index in [-0.39, 0.29) is 6.04 Å². The van der Waals surface area contributed by atoms with Gasteiger partial charge in [-0.3, -0.25) is 0 Å². The fourth-order valence-electron chi connectivity index (χ4n) is 2.75. The predicted octanol–water partition coefficient (Wildman–Crippen LogP) is 2.89. The molecule has 1 unspecified atom stereocenters. The van der Waals surface area contributed by atoms with Crippen molar-refractivity contribution in [3.63, 3.8) is 0 Å². The Morgan fingerprint density at radius 1 is 1.42 bits per heavy atom. The summed E-state index contributed by atoms with van der Waals surface area (Å²) >= 11 is 0. The maximum Gasteiger partial charge on any atom is 0.129 e. The van der Waals surface area contributed by atoms with Crippen LogP contribution in [-0.4, -0.2) is 26.9 Å². The Bertz CT molecular complexity index is 371. The van der Waals surface area contributed by atoms with E-state index in [0.717, 1.165) is 30.5 Å². The van der Waals surface area contributed by atoms with Gasteiger partial charge in [-0.25, -0.2) is 0 Å². The standard InChI is InChI=1S/C15H25NO3/c1-4-18-13-7-11(8-13)9-14(16-2)15-6-5-12(19-15)10-17-3/h5-6,11,13-14,16H,4,7-10H2,1-3H3. The number of methoxy groups -OCH3 is 1. The number of hydrogen-bond donors (Lipinski definition) is 1. The van der Waals surface area contributed by atoms with Crippen LogP contribution >= 0.6 is 0 Å². The van der Waals surface area contributed by atoms with Crippen molar-refractivity contribution in [1.29, 1.82) is 0 Å². The van der Waals surface area contributed by atoms with Gasteiger partial charge in [0.25, 0.3) is 0 Å². The van der Waals surface area contributed by atoms with Crippen molar-refractivity contribution in [3.8, 4) is 0 Å². The minimum atomic E-state index is 0.290. The summed E-state index contributed by atoms with van der Waals surface area (Å²) in [6.45, 7) is 3.42. The van der Waals surface area contributed by atoms with Crippen LogP contribution in [0.4, 0.5) is 0 Å². The Labute approximate surface area is 115 Å². The van der Waals surface area contributed by atoms with Crippen LogP contribution in [0.1, 0.15) is 43.7 Å². The summed E-state index contributed by atoms with van der Waals surface area (Å²) in [6.07, 6.45) is 3.95. The van der Waals surface area contributed by atoms with Crippen LogP contribution in [0.2, 0.25) is 0 Å². The lowest BCUT2D eigenvalue weighted by Crippen LogP contribution is -2.34. The van der Waals surface area contributed by atoms with Crippen molar-refractivity contribution < 1.29 is 13.9 Å². The molecule has 0 saturated heterocycles. The molecule has 1 aromatic rings. The van der Waals surface area contributed by atoms with Gasteiger partial charge < -0.3 is 19.2 Å². The van der Waals surface area contributed by atoms with Gasteiger partial charge in [0.1, 0.15) is 18.1 Å². The summed E-state index contributed by atoms with van der Waals surface area (Å²) in [6, 6.07) is 4.33. The topological polar surface area (TPSA) is 43.6 Å². The molecule has 4 heteroatoms. The Morgan fingerprint density at radius 3 is 2.84 bits per heavy atom. The largest absolute Gasteiger partial charge is 0.462 e. The van der Waals surface area contributed by atoms with E-state index in [2.05, 4.69) is 12.2 Å². The lowest BCUT2D eigenvalue weighted by Gasteiger charge is -2.36. The highest BCUT2D eigenvalue weighted by atomic mass is 16.5. The Balaban J connectivity index is 1.83. The third-order valence-electron chi connectivity index (χ3n) is 3.82. The van der Waals surface area contributed by atoms with Gasteiger partial charge in [0, 0.05) is 13.7 Å². The van der Waals surface area contributed by atoms with E-state index < -0.39 is 0 Å². The van der Waals surface area contributed by atoms with E-state index in [1.807, 2.05) is 19.2 Å². The molecule has 108 valence electrons. The maximum atomic E-state index is 5.80. The molecule has 1 heterocycles. The molecule has 4 nitrogen and oxygen atoms in total. The average Bonchev–Trinajstić information content (AvgIpc) is 2.81. The number of furan rings is 1. The normalized spacial score (nSPS) is 24.2. The van der Waals surface area contributed by atoms with Crippen molar-refractivity contribution in [2.24, 2.45) is 5.92 Å². The molecule has 1 aromatic heterocycles. The predicted molar refractivity (Wildman–Crippen MR) is 74.0 cm³/mol. The number of nitrogens with one attached hydrogen (secondary N) is 1. The second-order valence-corrected chi connectivity index (χ2v) is 5.23. The highest BCUT2D eigenvalue weighted by Gasteiger charge is 2.32. The molecule has 1 fully saturated rings. The minimum absolute atomic E-state index is 0.290. The molecule has 1 atom stereocenters. The summed E-state index contributed by atoms with van der Waals surface area (Å²) in [4.78, 5) is 0. The first-order valence-electron chi connectivity index (χ1n) is 7.13. The fourth-order valence-corrected chi connectivity index (χ4v) is 2.75. The third kappa shape index (κ3) is 3.81.